The zero-order valence-corrected chi connectivity index (χ0v) is 12.7. The lowest BCUT2D eigenvalue weighted by atomic mass is 10.1. The summed E-state index contributed by atoms with van der Waals surface area (Å²) in [5.41, 5.74) is 7.89. The molecule has 5 nitrogen and oxygen atoms in total. The van der Waals surface area contributed by atoms with E-state index in [-0.39, 0.29) is 6.61 Å². The number of H-pyrrole nitrogens is 1. The van der Waals surface area contributed by atoms with Gasteiger partial charge in [0.1, 0.15) is 18.5 Å². The predicted octanol–water partition coefficient (Wildman–Crippen LogP) is 1.41. The highest BCUT2D eigenvalue weighted by Crippen LogP contribution is 2.24. The van der Waals surface area contributed by atoms with Crippen LogP contribution in [0.15, 0.2) is 24.4 Å². The minimum Gasteiger partial charge on any atom is -0.491 e. The van der Waals surface area contributed by atoms with Gasteiger partial charge in [0.05, 0.1) is 0 Å². The van der Waals surface area contributed by atoms with E-state index in [0.717, 1.165) is 23.1 Å². The first-order valence-corrected chi connectivity index (χ1v) is 7.44. The maximum absolute atomic E-state index is 9.86. The molecule has 0 saturated heterocycles. The fourth-order valence-electron chi connectivity index (χ4n) is 2.23. The highest BCUT2D eigenvalue weighted by atomic mass is 16.5. The molecule has 2 rings (SSSR count). The molecule has 0 aliphatic rings. The van der Waals surface area contributed by atoms with Crippen LogP contribution in [0.1, 0.15) is 19.4 Å². The lowest BCUT2D eigenvalue weighted by Gasteiger charge is -2.15. The topological polar surface area (TPSA) is 83.3 Å². The Kier molecular flexibility index (Phi) is 5.61. The Hall–Kier alpha value is -1.56. The van der Waals surface area contributed by atoms with Crippen LogP contribution in [0.5, 0.6) is 5.75 Å². The first kappa shape index (κ1) is 15.8. The van der Waals surface area contributed by atoms with Crippen LogP contribution in [0.4, 0.5) is 0 Å². The smallest absolute Gasteiger partial charge is 0.120 e. The van der Waals surface area contributed by atoms with Gasteiger partial charge in [-0.3, -0.25) is 0 Å². The lowest BCUT2D eigenvalue weighted by Crippen LogP contribution is -2.35. The Balaban J connectivity index is 1.97. The Morgan fingerprint density at radius 2 is 2.19 bits per heavy atom. The quantitative estimate of drug-likeness (QED) is 0.592. The zero-order chi connectivity index (χ0) is 15.2. The van der Waals surface area contributed by atoms with Crippen molar-refractivity contribution in [3.63, 3.8) is 0 Å². The van der Waals surface area contributed by atoms with Gasteiger partial charge in [-0.15, -0.1) is 0 Å². The van der Waals surface area contributed by atoms with Gasteiger partial charge < -0.3 is 25.9 Å². The van der Waals surface area contributed by atoms with Crippen LogP contribution in [0, 0.1) is 0 Å². The molecular formula is C16H25N3O2. The zero-order valence-electron chi connectivity index (χ0n) is 12.7. The SMILES string of the molecule is CC(C)NCC(O)COc1ccc2[nH]cc(CCN)c2c1. The summed E-state index contributed by atoms with van der Waals surface area (Å²) in [6.45, 7) is 5.53. The number of nitrogens with one attached hydrogen (secondary N) is 2. The molecule has 1 heterocycles. The molecule has 5 heteroatoms. The normalized spacial score (nSPS) is 13.0. The second-order valence-corrected chi connectivity index (χ2v) is 5.59. The van der Waals surface area contributed by atoms with Crippen LogP contribution in [0.2, 0.25) is 0 Å². The molecule has 1 unspecified atom stereocenters. The number of aromatic amines is 1. The van der Waals surface area contributed by atoms with E-state index >= 15 is 0 Å². The molecular weight excluding hydrogens is 266 g/mol. The Morgan fingerprint density at radius 3 is 2.90 bits per heavy atom. The van der Waals surface area contributed by atoms with Crippen molar-refractivity contribution in [1.82, 2.24) is 10.3 Å². The van der Waals surface area contributed by atoms with E-state index in [0.29, 0.717) is 19.1 Å². The molecule has 116 valence electrons. The van der Waals surface area contributed by atoms with Crippen molar-refractivity contribution in [3.05, 3.63) is 30.0 Å². The minimum atomic E-state index is -0.516. The van der Waals surface area contributed by atoms with Gasteiger partial charge in [0, 0.05) is 29.7 Å². The van der Waals surface area contributed by atoms with Crippen molar-refractivity contribution in [2.75, 3.05) is 19.7 Å². The van der Waals surface area contributed by atoms with E-state index in [1.54, 1.807) is 0 Å². The van der Waals surface area contributed by atoms with E-state index < -0.39 is 6.10 Å². The molecule has 0 spiro atoms. The van der Waals surface area contributed by atoms with Crippen LogP contribution in [0.25, 0.3) is 10.9 Å². The Bertz CT molecular complexity index is 566. The summed E-state index contributed by atoms with van der Waals surface area (Å²) in [4.78, 5) is 3.23. The lowest BCUT2D eigenvalue weighted by molar-refractivity contribution is 0.105. The molecule has 2 aromatic rings. The van der Waals surface area contributed by atoms with Crippen LogP contribution >= 0.6 is 0 Å². The number of aliphatic hydroxyl groups excluding tert-OH is 1. The first-order valence-electron chi connectivity index (χ1n) is 7.44. The second kappa shape index (κ2) is 7.45. The molecule has 0 radical (unpaired) electrons. The number of nitrogens with two attached hydrogens (primary N) is 1. The molecule has 1 aromatic carbocycles. The Labute approximate surface area is 125 Å². The number of ether oxygens (including phenoxy) is 1. The highest BCUT2D eigenvalue weighted by molar-refractivity contribution is 5.84. The molecule has 1 aromatic heterocycles. The molecule has 0 bridgehead atoms. The van der Waals surface area contributed by atoms with Crippen molar-refractivity contribution in [2.45, 2.75) is 32.4 Å². The van der Waals surface area contributed by atoms with Crippen molar-refractivity contribution >= 4 is 10.9 Å². The standard InChI is InChI=1S/C16H25N3O2/c1-11(2)18-9-13(20)10-21-14-3-4-16-15(7-14)12(5-6-17)8-19-16/h3-4,7-8,11,13,18-20H,5-6,9-10,17H2,1-2H3. The van der Waals surface area contributed by atoms with Crippen molar-refractivity contribution in [2.24, 2.45) is 5.73 Å². The van der Waals surface area contributed by atoms with Crippen LogP contribution in [-0.2, 0) is 6.42 Å². The first-order chi connectivity index (χ1) is 10.1. The molecule has 0 amide bonds. The van der Waals surface area contributed by atoms with E-state index in [1.165, 1.54) is 5.56 Å². The van der Waals surface area contributed by atoms with Crippen molar-refractivity contribution in [3.8, 4) is 5.75 Å². The second-order valence-electron chi connectivity index (χ2n) is 5.59. The van der Waals surface area contributed by atoms with E-state index in [2.05, 4.69) is 10.3 Å². The van der Waals surface area contributed by atoms with Gasteiger partial charge >= 0.3 is 0 Å². The number of fused-ring (bicyclic) bond motifs is 1. The number of benzene rings is 1. The van der Waals surface area contributed by atoms with Crippen LogP contribution in [0.3, 0.4) is 0 Å². The summed E-state index contributed by atoms with van der Waals surface area (Å²) in [6, 6.07) is 6.26. The maximum Gasteiger partial charge on any atom is 0.120 e. The van der Waals surface area contributed by atoms with Crippen molar-refractivity contribution in [1.29, 1.82) is 0 Å². The average molecular weight is 291 g/mol. The number of hydrogen-bond acceptors (Lipinski definition) is 4. The monoisotopic (exact) mass is 291 g/mol. The highest BCUT2D eigenvalue weighted by Gasteiger charge is 2.08. The summed E-state index contributed by atoms with van der Waals surface area (Å²) >= 11 is 0. The van der Waals surface area contributed by atoms with Gasteiger partial charge in [-0.2, -0.15) is 0 Å². The number of aromatic nitrogens is 1. The van der Waals surface area contributed by atoms with Gasteiger partial charge in [0.2, 0.25) is 0 Å². The Morgan fingerprint density at radius 1 is 1.38 bits per heavy atom. The van der Waals surface area contributed by atoms with Gasteiger partial charge in [0.25, 0.3) is 0 Å². The van der Waals surface area contributed by atoms with E-state index in [4.69, 9.17) is 10.5 Å². The van der Waals surface area contributed by atoms with Gasteiger partial charge in [-0.05, 0) is 36.7 Å². The van der Waals surface area contributed by atoms with Gasteiger partial charge in [0.15, 0.2) is 0 Å². The molecule has 0 fully saturated rings. The fourth-order valence-corrected chi connectivity index (χ4v) is 2.23. The number of rotatable bonds is 8. The molecule has 1 atom stereocenters. The number of aliphatic hydroxyl groups is 1. The van der Waals surface area contributed by atoms with Gasteiger partial charge in [-0.1, -0.05) is 13.8 Å². The summed E-state index contributed by atoms with van der Waals surface area (Å²) in [6.07, 6.45) is 2.31. The summed E-state index contributed by atoms with van der Waals surface area (Å²) in [5.74, 6) is 0.768. The van der Waals surface area contributed by atoms with Crippen LogP contribution in [-0.4, -0.2) is 41.9 Å². The third-order valence-electron chi connectivity index (χ3n) is 3.36. The maximum atomic E-state index is 9.86. The van der Waals surface area contributed by atoms with E-state index in [1.807, 2.05) is 38.2 Å². The largest absolute Gasteiger partial charge is 0.491 e. The molecule has 5 N–H and O–H groups in total. The third kappa shape index (κ3) is 4.46. The predicted molar refractivity (Wildman–Crippen MR) is 85.7 cm³/mol. The van der Waals surface area contributed by atoms with Crippen molar-refractivity contribution < 1.29 is 9.84 Å². The fraction of sp³-hybridized carbons (Fsp3) is 0.500. The third-order valence-corrected chi connectivity index (χ3v) is 3.36. The average Bonchev–Trinajstić information content (AvgIpc) is 2.86. The molecule has 0 saturated carbocycles. The van der Waals surface area contributed by atoms with E-state index in [9.17, 15) is 5.11 Å². The molecule has 21 heavy (non-hydrogen) atoms. The summed E-state index contributed by atoms with van der Waals surface area (Å²) in [7, 11) is 0. The summed E-state index contributed by atoms with van der Waals surface area (Å²) < 4.78 is 5.68. The van der Waals surface area contributed by atoms with Crippen LogP contribution < -0.4 is 15.8 Å². The summed E-state index contributed by atoms with van der Waals surface area (Å²) in [5, 5.41) is 14.2. The van der Waals surface area contributed by atoms with Gasteiger partial charge in [-0.25, -0.2) is 0 Å². The molecule has 0 aliphatic heterocycles. The number of hydrogen-bond donors (Lipinski definition) is 4. The molecule has 0 aliphatic carbocycles. The minimum absolute atomic E-state index is 0.280.